The van der Waals surface area contributed by atoms with Crippen LogP contribution in [0.4, 0.5) is 4.79 Å². The fourth-order valence-corrected chi connectivity index (χ4v) is 9.60. The van der Waals surface area contributed by atoms with Crippen molar-refractivity contribution in [2.75, 3.05) is 13.2 Å². The van der Waals surface area contributed by atoms with Crippen LogP contribution in [0.5, 0.6) is 0 Å². The molecule has 0 radical (unpaired) electrons. The van der Waals surface area contributed by atoms with Crippen LogP contribution in [-0.2, 0) is 25.3 Å². The number of hydrogen-bond acceptors (Lipinski definition) is 5. The van der Waals surface area contributed by atoms with Crippen molar-refractivity contribution in [2.45, 2.75) is 64.8 Å². The smallest absolute Gasteiger partial charge is 0.408 e. The first kappa shape index (κ1) is 33.8. The lowest BCUT2D eigenvalue weighted by Gasteiger charge is -2.42. The first-order valence-corrected chi connectivity index (χ1v) is 16.5. The minimum atomic E-state index is -2.78. The van der Waals surface area contributed by atoms with Crippen molar-refractivity contribution in [2.24, 2.45) is 5.92 Å². The summed E-state index contributed by atoms with van der Waals surface area (Å²) < 4.78 is 18.2. The van der Waals surface area contributed by atoms with Crippen molar-refractivity contribution in [1.29, 1.82) is 0 Å². The summed E-state index contributed by atoms with van der Waals surface area (Å²) in [6, 6.07) is 29.0. The Bertz CT molecular complexity index is 1280. The zero-order valence-electron chi connectivity index (χ0n) is 26.1. The molecule has 0 aliphatic rings. The Morgan fingerprint density at radius 2 is 1.35 bits per heavy atom. The highest BCUT2D eigenvalue weighted by Crippen LogP contribution is 2.36. The van der Waals surface area contributed by atoms with Gasteiger partial charge >= 0.3 is 12.1 Å². The van der Waals surface area contributed by atoms with Gasteiger partial charge in [-0.25, -0.2) is 9.59 Å². The highest BCUT2D eigenvalue weighted by molar-refractivity contribution is 6.99. The second-order valence-corrected chi connectivity index (χ2v) is 16.8. The summed E-state index contributed by atoms with van der Waals surface area (Å²) in [6.45, 7) is 12.4. The van der Waals surface area contributed by atoms with Crippen LogP contribution in [0.25, 0.3) is 0 Å². The van der Waals surface area contributed by atoms with Gasteiger partial charge in [0, 0.05) is 5.92 Å². The van der Waals surface area contributed by atoms with Gasteiger partial charge in [-0.3, -0.25) is 0 Å². The SMILES string of the molecule is CC(C)(C)OC(=O)N[C@@H](C(=O)O)[C@H](/C=C/CO[Si](c1ccccc1)(c1ccccc1)C(C)(C)C)COCc1ccccc1. The standard InChI is InChI=1S/C35H45NO6Si/c1-34(2,3)42-33(39)36-31(32(37)38)28(26-40-25-27-17-10-7-11-18-27)19-16-24-41-43(35(4,5)6,29-20-12-8-13-21-29)30-22-14-9-15-23-30/h7-23,28,31H,24-26H2,1-6H3,(H,36,39)(H,37,38)/b19-16+/t28-,31-/m1/s1. The van der Waals surface area contributed by atoms with Crippen LogP contribution >= 0.6 is 0 Å². The van der Waals surface area contributed by atoms with Crippen molar-refractivity contribution < 1.29 is 28.6 Å². The maximum atomic E-state index is 12.6. The molecule has 1 amide bonds. The lowest BCUT2D eigenvalue weighted by atomic mass is 10.00. The van der Waals surface area contributed by atoms with E-state index in [1.165, 1.54) is 0 Å². The van der Waals surface area contributed by atoms with E-state index in [1.54, 1.807) is 26.8 Å². The normalized spacial score (nSPS) is 13.8. The maximum Gasteiger partial charge on any atom is 0.408 e. The molecule has 0 saturated heterocycles. The van der Waals surface area contributed by atoms with E-state index >= 15 is 0 Å². The van der Waals surface area contributed by atoms with E-state index in [0.717, 1.165) is 15.9 Å². The number of rotatable bonds is 13. The van der Waals surface area contributed by atoms with Crippen LogP contribution in [0, 0.1) is 5.92 Å². The van der Waals surface area contributed by atoms with E-state index in [-0.39, 0.29) is 18.3 Å². The van der Waals surface area contributed by atoms with Crippen LogP contribution in [0.15, 0.2) is 103 Å². The van der Waals surface area contributed by atoms with Gasteiger partial charge in [0.2, 0.25) is 0 Å². The molecule has 3 rings (SSSR count). The van der Waals surface area contributed by atoms with E-state index in [4.69, 9.17) is 13.9 Å². The molecule has 0 spiro atoms. The van der Waals surface area contributed by atoms with Gasteiger partial charge in [0.25, 0.3) is 8.32 Å². The fourth-order valence-electron chi connectivity index (χ4n) is 5.10. The highest BCUT2D eigenvalue weighted by Gasteiger charge is 2.49. The van der Waals surface area contributed by atoms with Gasteiger partial charge in [-0.05, 0) is 41.7 Å². The van der Waals surface area contributed by atoms with Crippen molar-refractivity contribution in [1.82, 2.24) is 5.32 Å². The molecule has 3 aromatic rings. The van der Waals surface area contributed by atoms with Crippen LogP contribution in [0.1, 0.15) is 47.1 Å². The number of carboxylic acid groups (broad SMARTS) is 1. The summed E-state index contributed by atoms with van der Waals surface area (Å²) >= 11 is 0. The zero-order chi connectivity index (χ0) is 31.5. The zero-order valence-corrected chi connectivity index (χ0v) is 27.1. The monoisotopic (exact) mass is 603 g/mol. The number of aliphatic carboxylic acids is 1. The Labute approximate surface area is 257 Å². The molecule has 0 fully saturated rings. The third-order valence-electron chi connectivity index (χ3n) is 6.98. The molecule has 8 heteroatoms. The third kappa shape index (κ3) is 9.64. The van der Waals surface area contributed by atoms with Gasteiger partial charge in [0.05, 0.1) is 19.8 Å². The molecule has 2 N–H and O–H groups in total. The summed E-state index contributed by atoms with van der Waals surface area (Å²) in [5, 5.41) is 14.7. The van der Waals surface area contributed by atoms with E-state index in [2.05, 4.69) is 50.4 Å². The lowest BCUT2D eigenvalue weighted by Crippen LogP contribution is -2.66. The molecule has 230 valence electrons. The number of alkyl carbamates (subject to hydrolysis) is 1. The maximum absolute atomic E-state index is 12.6. The third-order valence-corrected chi connectivity index (χ3v) is 12.0. The van der Waals surface area contributed by atoms with E-state index in [9.17, 15) is 14.7 Å². The Morgan fingerprint density at radius 1 is 0.837 bits per heavy atom. The summed E-state index contributed by atoms with van der Waals surface area (Å²) in [7, 11) is -2.78. The number of ether oxygens (including phenoxy) is 2. The minimum absolute atomic E-state index is 0.0668. The van der Waals surface area contributed by atoms with E-state index in [0.29, 0.717) is 6.61 Å². The molecule has 0 heterocycles. The Kier molecular flexibility index (Phi) is 11.9. The summed E-state index contributed by atoms with van der Waals surface area (Å²) in [6.07, 6.45) is 2.80. The van der Waals surface area contributed by atoms with Gasteiger partial charge in [-0.1, -0.05) is 124 Å². The molecule has 0 aliphatic heterocycles. The fraction of sp³-hybridized carbons (Fsp3) is 0.371. The number of carbonyl (C=O) groups excluding carboxylic acids is 1. The van der Waals surface area contributed by atoms with Crippen LogP contribution < -0.4 is 15.7 Å². The molecular formula is C35H45NO6Si. The predicted octanol–water partition coefficient (Wildman–Crippen LogP) is 5.93. The number of benzene rings is 3. The highest BCUT2D eigenvalue weighted by atomic mass is 28.4. The van der Waals surface area contributed by atoms with Gasteiger partial charge in [0.1, 0.15) is 11.6 Å². The Balaban J connectivity index is 1.88. The van der Waals surface area contributed by atoms with Crippen molar-refractivity contribution in [3.63, 3.8) is 0 Å². The second kappa shape index (κ2) is 15.1. The summed E-state index contributed by atoms with van der Waals surface area (Å²) in [5.74, 6) is -1.87. The predicted molar refractivity (Wildman–Crippen MR) is 173 cm³/mol. The van der Waals surface area contributed by atoms with Crippen LogP contribution in [-0.4, -0.2) is 50.3 Å². The largest absolute Gasteiger partial charge is 0.480 e. The number of hydrogen-bond donors (Lipinski definition) is 2. The van der Waals surface area contributed by atoms with Crippen molar-refractivity contribution >= 4 is 30.8 Å². The average Bonchev–Trinajstić information content (AvgIpc) is 2.95. The quantitative estimate of drug-likeness (QED) is 0.186. The number of carboxylic acids is 1. The average molecular weight is 604 g/mol. The van der Waals surface area contributed by atoms with Gasteiger partial charge in [-0.2, -0.15) is 0 Å². The van der Waals surface area contributed by atoms with Crippen LogP contribution in [0.3, 0.4) is 0 Å². The van der Waals surface area contributed by atoms with Gasteiger partial charge in [-0.15, -0.1) is 0 Å². The summed E-state index contributed by atoms with van der Waals surface area (Å²) in [5.41, 5.74) is 0.193. The molecule has 0 aliphatic carbocycles. The number of nitrogens with one attached hydrogen (secondary N) is 1. The molecule has 2 atom stereocenters. The lowest BCUT2D eigenvalue weighted by molar-refractivity contribution is -0.141. The second-order valence-electron chi connectivity index (χ2n) is 12.5. The topological polar surface area (TPSA) is 94.1 Å². The Hall–Kier alpha value is -3.72. The molecule has 0 bridgehead atoms. The first-order chi connectivity index (χ1) is 20.3. The molecule has 7 nitrogen and oxygen atoms in total. The molecule has 0 unspecified atom stereocenters. The van der Waals surface area contributed by atoms with Gasteiger partial charge < -0.3 is 24.3 Å². The Morgan fingerprint density at radius 3 is 1.81 bits per heavy atom. The van der Waals surface area contributed by atoms with Crippen LogP contribution in [0.2, 0.25) is 5.04 Å². The first-order valence-electron chi connectivity index (χ1n) is 14.6. The molecule has 43 heavy (non-hydrogen) atoms. The number of carbonyl (C=O) groups is 2. The van der Waals surface area contributed by atoms with E-state index in [1.807, 2.05) is 72.8 Å². The molecule has 3 aromatic carbocycles. The van der Waals surface area contributed by atoms with Crippen molar-refractivity contribution in [3.8, 4) is 0 Å². The number of amides is 1. The van der Waals surface area contributed by atoms with Gasteiger partial charge in [0.15, 0.2) is 0 Å². The molecule has 0 aromatic heterocycles. The van der Waals surface area contributed by atoms with E-state index < -0.39 is 37.9 Å². The van der Waals surface area contributed by atoms with Crippen molar-refractivity contribution in [3.05, 3.63) is 109 Å². The summed E-state index contributed by atoms with van der Waals surface area (Å²) in [4.78, 5) is 25.0. The minimum Gasteiger partial charge on any atom is -0.480 e. The molecule has 0 saturated carbocycles. The molecular weight excluding hydrogens is 558 g/mol.